The molecule has 2 rings (SSSR count). The minimum Gasteiger partial charge on any atom is -0.462 e. The Balaban J connectivity index is 2.11. The highest BCUT2D eigenvalue weighted by Gasteiger charge is 2.32. The highest BCUT2D eigenvalue weighted by Crippen LogP contribution is 2.39. The molecule has 1 saturated carbocycles. The lowest BCUT2D eigenvalue weighted by Gasteiger charge is -2.40. The molecule has 0 heterocycles. The topological polar surface area (TPSA) is 38.3 Å². The molecule has 0 amide bonds. The van der Waals surface area contributed by atoms with Crippen molar-refractivity contribution in [3.8, 4) is 0 Å². The lowest BCUT2D eigenvalue weighted by Crippen LogP contribution is -2.37. The Kier molecular flexibility index (Phi) is 4.92. The summed E-state index contributed by atoms with van der Waals surface area (Å²) in [5.74, 6) is 0.355. The molecule has 1 aromatic rings. The van der Waals surface area contributed by atoms with Gasteiger partial charge in [0.2, 0.25) is 0 Å². The van der Waals surface area contributed by atoms with E-state index in [0.29, 0.717) is 29.5 Å². The van der Waals surface area contributed by atoms with E-state index in [1.165, 1.54) is 12.8 Å². The van der Waals surface area contributed by atoms with Crippen molar-refractivity contribution in [1.82, 2.24) is 0 Å². The van der Waals surface area contributed by atoms with Crippen molar-refractivity contribution in [1.29, 1.82) is 0 Å². The minimum absolute atomic E-state index is 0.246. The van der Waals surface area contributed by atoms with E-state index in [1.807, 2.05) is 31.2 Å². The number of esters is 1. The number of rotatable bonds is 4. The lowest BCUT2D eigenvalue weighted by molar-refractivity contribution is 0.0527. The van der Waals surface area contributed by atoms with Crippen LogP contribution in [0.25, 0.3) is 0 Å². The first-order valence-electron chi connectivity index (χ1n) is 7.95. The van der Waals surface area contributed by atoms with Gasteiger partial charge < -0.3 is 10.1 Å². The predicted octanol–water partition coefficient (Wildman–Crippen LogP) is 4.49. The molecule has 2 atom stereocenters. The minimum atomic E-state index is -0.246. The fourth-order valence-corrected chi connectivity index (χ4v) is 3.36. The van der Waals surface area contributed by atoms with Crippen LogP contribution in [0.15, 0.2) is 24.3 Å². The third kappa shape index (κ3) is 3.99. The largest absolute Gasteiger partial charge is 0.462 e. The Labute approximate surface area is 128 Å². The zero-order valence-electron chi connectivity index (χ0n) is 13.6. The fourth-order valence-electron chi connectivity index (χ4n) is 3.36. The quantitative estimate of drug-likeness (QED) is 0.830. The van der Waals surface area contributed by atoms with Crippen LogP contribution in [0.5, 0.6) is 0 Å². The molecule has 1 N–H and O–H groups in total. The van der Waals surface area contributed by atoms with Crippen molar-refractivity contribution >= 4 is 11.7 Å². The summed E-state index contributed by atoms with van der Waals surface area (Å²) in [4.78, 5) is 12.0. The van der Waals surface area contributed by atoms with Crippen molar-refractivity contribution < 1.29 is 9.53 Å². The molecule has 116 valence electrons. The normalized spacial score (nSPS) is 24.4. The Hall–Kier alpha value is -1.51. The van der Waals surface area contributed by atoms with E-state index in [-0.39, 0.29) is 5.97 Å². The zero-order chi connectivity index (χ0) is 15.5. The molecule has 1 aromatic carbocycles. The number of hydrogen-bond acceptors (Lipinski definition) is 3. The maximum atomic E-state index is 12.0. The summed E-state index contributed by atoms with van der Waals surface area (Å²) in [6.07, 6.45) is 3.58. The number of nitrogens with one attached hydrogen (secondary N) is 1. The van der Waals surface area contributed by atoms with Gasteiger partial charge in [0.25, 0.3) is 0 Å². The number of anilines is 1. The predicted molar refractivity (Wildman–Crippen MR) is 86.6 cm³/mol. The summed E-state index contributed by atoms with van der Waals surface area (Å²) in [6.45, 7) is 9.21. The van der Waals surface area contributed by atoms with Gasteiger partial charge >= 0.3 is 5.97 Å². The average Bonchev–Trinajstić information content (AvgIpc) is 2.42. The highest BCUT2D eigenvalue weighted by molar-refractivity contribution is 5.95. The van der Waals surface area contributed by atoms with E-state index in [4.69, 9.17) is 4.74 Å². The molecule has 0 aromatic heterocycles. The number of benzene rings is 1. The summed E-state index contributed by atoms with van der Waals surface area (Å²) in [6, 6.07) is 8.07. The first-order chi connectivity index (χ1) is 9.93. The number of carbonyl (C=O) groups excluding carboxylic acids is 1. The van der Waals surface area contributed by atoms with Crippen molar-refractivity contribution in [3.63, 3.8) is 0 Å². The Morgan fingerprint density at radius 1 is 1.38 bits per heavy atom. The Bertz CT molecular complexity index is 496. The van der Waals surface area contributed by atoms with Crippen LogP contribution in [0.1, 0.15) is 57.3 Å². The second-order valence-corrected chi connectivity index (χ2v) is 6.90. The van der Waals surface area contributed by atoms with Crippen LogP contribution in [0.2, 0.25) is 0 Å². The summed E-state index contributed by atoms with van der Waals surface area (Å²) in [5, 5.41) is 3.58. The molecule has 21 heavy (non-hydrogen) atoms. The van der Waals surface area contributed by atoms with Crippen LogP contribution in [-0.4, -0.2) is 18.6 Å². The third-order valence-corrected chi connectivity index (χ3v) is 4.46. The number of hydrogen-bond donors (Lipinski definition) is 1. The van der Waals surface area contributed by atoms with Gasteiger partial charge in [0, 0.05) is 11.7 Å². The summed E-state index contributed by atoms with van der Waals surface area (Å²) in [7, 11) is 0. The van der Waals surface area contributed by atoms with E-state index in [9.17, 15) is 4.79 Å². The molecule has 3 heteroatoms. The van der Waals surface area contributed by atoms with E-state index < -0.39 is 0 Å². The van der Waals surface area contributed by atoms with Gasteiger partial charge in [-0.25, -0.2) is 4.79 Å². The maximum absolute atomic E-state index is 12.0. The van der Waals surface area contributed by atoms with Crippen LogP contribution in [0, 0.1) is 11.3 Å². The SMILES string of the molecule is CCOC(=O)c1ccccc1NC1CCC(C)(C)CC1C. The monoisotopic (exact) mass is 289 g/mol. The van der Waals surface area contributed by atoms with Gasteiger partial charge in [-0.1, -0.05) is 32.9 Å². The summed E-state index contributed by atoms with van der Waals surface area (Å²) >= 11 is 0. The molecule has 2 unspecified atom stereocenters. The van der Waals surface area contributed by atoms with Gasteiger partial charge in [-0.2, -0.15) is 0 Å². The Morgan fingerprint density at radius 3 is 2.76 bits per heavy atom. The smallest absolute Gasteiger partial charge is 0.340 e. The average molecular weight is 289 g/mol. The van der Waals surface area contributed by atoms with Crippen LogP contribution in [0.3, 0.4) is 0 Å². The molecule has 0 radical (unpaired) electrons. The molecule has 0 bridgehead atoms. The van der Waals surface area contributed by atoms with E-state index in [0.717, 1.165) is 12.1 Å². The van der Waals surface area contributed by atoms with Crippen LogP contribution < -0.4 is 5.32 Å². The highest BCUT2D eigenvalue weighted by atomic mass is 16.5. The molecule has 0 spiro atoms. The summed E-state index contributed by atoms with van der Waals surface area (Å²) < 4.78 is 5.14. The van der Waals surface area contributed by atoms with E-state index in [2.05, 4.69) is 26.1 Å². The van der Waals surface area contributed by atoms with Gasteiger partial charge in [-0.3, -0.25) is 0 Å². The van der Waals surface area contributed by atoms with Gasteiger partial charge in [0.1, 0.15) is 0 Å². The third-order valence-electron chi connectivity index (χ3n) is 4.46. The molecular weight excluding hydrogens is 262 g/mol. The second-order valence-electron chi connectivity index (χ2n) is 6.90. The van der Waals surface area contributed by atoms with Gasteiger partial charge in [0.05, 0.1) is 12.2 Å². The van der Waals surface area contributed by atoms with Crippen LogP contribution >= 0.6 is 0 Å². The molecule has 0 saturated heterocycles. The maximum Gasteiger partial charge on any atom is 0.340 e. The summed E-state index contributed by atoms with van der Waals surface area (Å²) in [5.41, 5.74) is 1.96. The first-order valence-corrected chi connectivity index (χ1v) is 7.95. The number of carbonyl (C=O) groups is 1. The van der Waals surface area contributed by atoms with Crippen molar-refractivity contribution in [2.75, 3.05) is 11.9 Å². The van der Waals surface area contributed by atoms with Crippen molar-refractivity contribution in [2.24, 2.45) is 11.3 Å². The second kappa shape index (κ2) is 6.50. The molecule has 3 nitrogen and oxygen atoms in total. The molecular formula is C18H27NO2. The van der Waals surface area contributed by atoms with Crippen LogP contribution in [0.4, 0.5) is 5.69 Å². The Morgan fingerprint density at radius 2 is 2.10 bits per heavy atom. The van der Waals surface area contributed by atoms with E-state index in [1.54, 1.807) is 0 Å². The van der Waals surface area contributed by atoms with Crippen LogP contribution in [-0.2, 0) is 4.74 Å². The number of ether oxygens (including phenoxy) is 1. The fraction of sp³-hybridized carbons (Fsp3) is 0.611. The van der Waals surface area contributed by atoms with Gasteiger partial charge in [-0.15, -0.1) is 0 Å². The van der Waals surface area contributed by atoms with Crippen molar-refractivity contribution in [2.45, 2.75) is 53.0 Å². The van der Waals surface area contributed by atoms with Gasteiger partial charge in [0.15, 0.2) is 0 Å². The van der Waals surface area contributed by atoms with E-state index >= 15 is 0 Å². The standard InChI is InChI=1S/C18H27NO2/c1-5-21-17(20)14-8-6-7-9-16(14)19-15-10-11-18(3,4)12-13(15)2/h6-9,13,15,19H,5,10-12H2,1-4H3. The lowest BCUT2D eigenvalue weighted by atomic mass is 9.70. The number of para-hydroxylation sites is 1. The van der Waals surface area contributed by atoms with Gasteiger partial charge in [-0.05, 0) is 49.7 Å². The molecule has 1 fully saturated rings. The molecule has 1 aliphatic rings. The first kappa shape index (κ1) is 15.9. The molecule has 0 aliphatic heterocycles. The van der Waals surface area contributed by atoms with Crippen molar-refractivity contribution in [3.05, 3.63) is 29.8 Å². The molecule has 1 aliphatic carbocycles. The zero-order valence-corrected chi connectivity index (χ0v) is 13.6.